The van der Waals surface area contributed by atoms with E-state index in [1.165, 1.54) is 54.5 Å². The van der Waals surface area contributed by atoms with Crippen LogP contribution in [0.4, 0.5) is 17.1 Å². The molecule has 3 heteroatoms. The molecule has 2 unspecified atom stereocenters. The van der Waals surface area contributed by atoms with Gasteiger partial charge < -0.3 is 4.90 Å². The molecule has 4 aromatic carbocycles. The minimum atomic E-state index is 0.745. The largest absolute Gasteiger partial charge is 0.310 e. The topological polar surface area (TPSA) is 3.24 Å². The molecule has 176 valence electrons. The van der Waals surface area contributed by atoms with E-state index in [4.69, 9.17) is 0 Å². The fourth-order valence-corrected chi connectivity index (χ4v) is 6.61. The van der Waals surface area contributed by atoms with Gasteiger partial charge in [0, 0.05) is 26.0 Å². The van der Waals surface area contributed by atoms with E-state index in [9.17, 15) is 0 Å². The van der Waals surface area contributed by atoms with Gasteiger partial charge in [0.25, 0.3) is 0 Å². The van der Waals surface area contributed by atoms with Crippen LogP contribution in [0.3, 0.4) is 0 Å². The van der Waals surface area contributed by atoms with Crippen molar-refractivity contribution in [1.82, 2.24) is 0 Å². The summed E-state index contributed by atoms with van der Waals surface area (Å²) < 4.78 is 2.17. The molecule has 2 atom stereocenters. The summed E-state index contributed by atoms with van der Waals surface area (Å²) in [6, 6.07) is 31.3. The summed E-state index contributed by atoms with van der Waals surface area (Å²) in [5, 5.41) is 0. The van der Waals surface area contributed by atoms with Crippen molar-refractivity contribution in [3.63, 3.8) is 0 Å². The van der Waals surface area contributed by atoms with Crippen LogP contribution in [0.25, 0.3) is 11.1 Å². The van der Waals surface area contributed by atoms with Crippen molar-refractivity contribution < 1.29 is 0 Å². The number of nitrogens with zero attached hydrogens (tertiary/aromatic N) is 1. The van der Waals surface area contributed by atoms with Gasteiger partial charge in [0.05, 0.1) is 0 Å². The van der Waals surface area contributed by atoms with Crippen LogP contribution >= 0.6 is 31.9 Å². The Labute approximate surface area is 225 Å². The molecule has 1 fully saturated rings. The minimum absolute atomic E-state index is 0.745. The number of aryl methyl sites for hydroxylation is 1. The van der Waals surface area contributed by atoms with E-state index in [1.54, 1.807) is 11.1 Å². The normalized spacial score (nSPS) is 18.7. The molecule has 1 nitrogen and oxygen atoms in total. The Morgan fingerprint density at radius 1 is 0.600 bits per heavy atom. The van der Waals surface area contributed by atoms with Crippen LogP contribution in [0.1, 0.15) is 60.6 Å². The fourth-order valence-electron chi connectivity index (χ4n) is 6.08. The summed E-state index contributed by atoms with van der Waals surface area (Å²) in [5.74, 6) is 1.52. The summed E-state index contributed by atoms with van der Waals surface area (Å²) in [5.41, 5.74) is 10.7. The van der Waals surface area contributed by atoms with Crippen LogP contribution in [0, 0.1) is 6.92 Å². The maximum Gasteiger partial charge on any atom is 0.0467 e. The number of halogens is 2. The van der Waals surface area contributed by atoms with Crippen LogP contribution in [0.5, 0.6) is 0 Å². The second kappa shape index (κ2) is 9.59. The summed E-state index contributed by atoms with van der Waals surface area (Å²) in [6.45, 7) is 2.24. The first-order chi connectivity index (χ1) is 17.1. The average Bonchev–Trinajstić information content (AvgIpc) is 3.22. The van der Waals surface area contributed by atoms with Crippen LogP contribution in [0.15, 0.2) is 93.9 Å². The molecular formula is C32H29Br2N. The third kappa shape index (κ3) is 4.49. The Morgan fingerprint density at radius 2 is 1.17 bits per heavy atom. The smallest absolute Gasteiger partial charge is 0.0467 e. The molecule has 0 saturated heterocycles. The van der Waals surface area contributed by atoms with E-state index in [1.807, 2.05) is 0 Å². The highest BCUT2D eigenvalue weighted by atomic mass is 79.9. The number of fused-ring (bicyclic) bond motifs is 3. The van der Waals surface area contributed by atoms with Crippen molar-refractivity contribution >= 4 is 48.9 Å². The lowest BCUT2D eigenvalue weighted by Crippen LogP contribution is -2.11. The van der Waals surface area contributed by atoms with Gasteiger partial charge in [0.1, 0.15) is 0 Å². The van der Waals surface area contributed by atoms with Gasteiger partial charge in [0.2, 0.25) is 0 Å². The van der Waals surface area contributed by atoms with Crippen molar-refractivity contribution in [3.8, 4) is 11.1 Å². The highest BCUT2D eigenvalue weighted by Crippen LogP contribution is 2.48. The maximum atomic E-state index is 3.59. The Bertz CT molecular complexity index is 1310. The van der Waals surface area contributed by atoms with E-state index in [2.05, 4.69) is 129 Å². The summed E-state index contributed by atoms with van der Waals surface area (Å²) in [7, 11) is 0. The lowest BCUT2D eigenvalue weighted by molar-refractivity contribution is 0.527. The standard InChI is InChI=1S/C32H29Br2N/c1-21-5-13-29(35(27-14-9-25(33)10-15-27)28-16-11-26(34)12-17-28)20-31(21)24-8-18-30-22-3-2-4-23(7-6-22)32(30)19-24/h5,8-20,22-23H,2-4,6-7H2,1H3. The number of benzene rings is 4. The van der Waals surface area contributed by atoms with Gasteiger partial charge in [-0.1, -0.05) is 62.5 Å². The highest BCUT2D eigenvalue weighted by molar-refractivity contribution is 9.10. The lowest BCUT2D eigenvalue weighted by atomic mass is 9.77. The fraction of sp³-hybridized carbons (Fsp3) is 0.250. The molecule has 3 aliphatic carbocycles. The Hall–Kier alpha value is -2.36. The highest BCUT2D eigenvalue weighted by Gasteiger charge is 2.30. The van der Waals surface area contributed by atoms with Crippen molar-refractivity contribution in [2.45, 2.75) is 50.9 Å². The van der Waals surface area contributed by atoms with E-state index in [0.29, 0.717) is 0 Å². The van der Waals surface area contributed by atoms with Crippen LogP contribution in [-0.4, -0.2) is 0 Å². The van der Waals surface area contributed by atoms with E-state index < -0.39 is 0 Å². The van der Waals surface area contributed by atoms with Gasteiger partial charge in [-0.15, -0.1) is 0 Å². The molecule has 0 N–H and O–H groups in total. The molecule has 0 spiro atoms. The number of anilines is 3. The summed E-state index contributed by atoms with van der Waals surface area (Å²) in [6.07, 6.45) is 6.84. The Balaban J connectivity index is 1.46. The van der Waals surface area contributed by atoms with Crippen LogP contribution < -0.4 is 4.90 Å². The van der Waals surface area contributed by atoms with Crippen molar-refractivity contribution in [2.75, 3.05) is 4.90 Å². The van der Waals surface area contributed by atoms with Crippen LogP contribution in [0.2, 0.25) is 0 Å². The SMILES string of the molecule is Cc1ccc(N(c2ccc(Br)cc2)c2ccc(Br)cc2)cc1-c1ccc2c(c1)C1CCCC2CC1. The van der Waals surface area contributed by atoms with E-state index in [-0.39, 0.29) is 0 Å². The molecule has 35 heavy (non-hydrogen) atoms. The zero-order chi connectivity index (χ0) is 23.9. The molecule has 0 amide bonds. The van der Waals surface area contributed by atoms with E-state index in [0.717, 1.165) is 32.2 Å². The van der Waals surface area contributed by atoms with Crippen molar-refractivity contribution in [2.24, 2.45) is 0 Å². The second-order valence-electron chi connectivity index (χ2n) is 10.0. The van der Waals surface area contributed by atoms with Gasteiger partial charge in [-0.05, 0) is 133 Å². The first-order valence-corrected chi connectivity index (χ1v) is 14.2. The van der Waals surface area contributed by atoms with Crippen molar-refractivity contribution in [1.29, 1.82) is 0 Å². The van der Waals surface area contributed by atoms with Gasteiger partial charge in [-0.3, -0.25) is 0 Å². The zero-order valence-corrected chi connectivity index (χ0v) is 23.1. The maximum absolute atomic E-state index is 3.59. The Kier molecular flexibility index (Phi) is 6.32. The Morgan fingerprint density at radius 3 is 1.80 bits per heavy atom. The van der Waals surface area contributed by atoms with Gasteiger partial charge in [0.15, 0.2) is 0 Å². The quantitative estimate of drug-likeness (QED) is 0.230. The molecule has 0 radical (unpaired) electrons. The number of hydrogen-bond acceptors (Lipinski definition) is 1. The van der Waals surface area contributed by atoms with E-state index >= 15 is 0 Å². The molecule has 4 aromatic rings. The number of rotatable bonds is 4. The lowest BCUT2D eigenvalue weighted by Gasteiger charge is -2.29. The summed E-state index contributed by atoms with van der Waals surface area (Å²) in [4.78, 5) is 2.34. The summed E-state index contributed by atoms with van der Waals surface area (Å²) >= 11 is 7.19. The predicted molar refractivity (Wildman–Crippen MR) is 155 cm³/mol. The van der Waals surface area contributed by atoms with Crippen molar-refractivity contribution in [3.05, 3.63) is 111 Å². The average molecular weight is 587 g/mol. The first-order valence-electron chi connectivity index (χ1n) is 12.6. The monoisotopic (exact) mass is 585 g/mol. The molecule has 0 heterocycles. The zero-order valence-electron chi connectivity index (χ0n) is 20.0. The molecule has 2 bridgehead atoms. The first kappa shape index (κ1) is 23.1. The molecule has 0 aliphatic heterocycles. The number of hydrogen-bond donors (Lipinski definition) is 0. The molecule has 7 rings (SSSR count). The van der Waals surface area contributed by atoms with Gasteiger partial charge in [-0.25, -0.2) is 0 Å². The molecule has 1 saturated carbocycles. The third-order valence-electron chi connectivity index (χ3n) is 7.90. The molecular weight excluding hydrogens is 558 g/mol. The molecule has 3 aliphatic rings. The minimum Gasteiger partial charge on any atom is -0.310 e. The second-order valence-corrected chi connectivity index (χ2v) is 11.9. The van der Waals surface area contributed by atoms with Crippen LogP contribution in [-0.2, 0) is 0 Å². The predicted octanol–water partition coefficient (Wildman–Crippen LogP) is 10.8. The third-order valence-corrected chi connectivity index (χ3v) is 8.95. The van der Waals surface area contributed by atoms with Gasteiger partial charge >= 0.3 is 0 Å². The van der Waals surface area contributed by atoms with Gasteiger partial charge in [-0.2, -0.15) is 0 Å². The molecule has 0 aromatic heterocycles.